The van der Waals surface area contributed by atoms with E-state index >= 15 is 0 Å². The minimum atomic E-state index is -0.465. The van der Waals surface area contributed by atoms with E-state index in [1.807, 2.05) is 4.90 Å². The Labute approximate surface area is 115 Å². The van der Waals surface area contributed by atoms with Crippen molar-refractivity contribution in [3.63, 3.8) is 0 Å². The molecule has 0 saturated heterocycles. The first-order valence-corrected chi connectivity index (χ1v) is 6.70. The molecule has 0 saturated carbocycles. The number of nitrogens with zero attached hydrogens (tertiary/aromatic N) is 1. The fraction of sp³-hybridized carbons (Fsp3) is 0.538. The van der Waals surface area contributed by atoms with E-state index in [4.69, 9.17) is 0 Å². The monoisotopic (exact) mass is 319 g/mol. The average Bonchev–Trinajstić information content (AvgIpc) is 2.21. The number of aliphatic hydroxyl groups excluding tert-OH is 2. The van der Waals surface area contributed by atoms with Crippen molar-refractivity contribution in [3.05, 3.63) is 34.1 Å². The number of halogens is 2. The number of benzene rings is 1. The van der Waals surface area contributed by atoms with Gasteiger partial charge < -0.3 is 10.2 Å². The molecule has 0 heterocycles. The molecule has 0 aliphatic rings. The molecule has 2 unspecified atom stereocenters. The molecule has 18 heavy (non-hydrogen) atoms. The first-order valence-electron chi connectivity index (χ1n) is 5.91. The van der Waals surface area contributed by atoms with Crippen LogP contribution in [0.4, 0.5) is 4.39 Å². The van der Waals surface area contributed by atoms with E-state index in [9.17, 15) is 14.6 Å². The number of hydrogen-bond donors (Lipinski definition) is 2. The molecule has 0 aliphatic heterocycles. The van der Waals surface area contributed by atoms with Gasteiger partial charge in [-0.1, -0.05) is 6.07 Å². The molecule has 1 rings (SSSR count). The fourth-order valence-corrected chi connectivity index (χ4v) is 2.27. The molecule has 0 amide bonds. The summed E-state index contributed by atoms with van der Waals surface area (Å²) < 4.78 is 13.5. The van der Waals surface area contributed by atoms with Crippen molar-refractivity contribution in [1.29, 1.82) is 0 Å². The van der Waals surface area contributed by atoms with Crippen LogP contribution in [0.5, 0.6) is 0 Å². The summed E-state index contributed by atoms with van der Waals surface area (Å²) in [4.78, 5) is 1.94. The standard InChI is InChI=1S/C13H19BrFNO2/c1-9(17)6-16(7-10(2)18)8-11-3-4-13(15)12(14)5-11/h3-5,9-10,17-18H,6-8H2,1-2H3. The molecule has 0 fully saturated rings. The molecule has 0 bridgehead atoms. The maximum absolute atomic E-state index is 13.1. The van der Waals surface area contributed by atoms with Crippen molar-refractivity contribution < 1.29 is 14.6 Å². The third-order valence-corrected chi connectivity index (χ3v) is 3.04. The molecule has 3 nitrogen and oxygen atoms in total. The molecular formula is C13H19BrFNO2. The second kappa shape index (κ2) is 7.19. The van der Waals surface area contributed by atoms with Crippen LogP contribution >= 0.6 is 15.9 Å². The summed E-state index contributed by atoms with van der Waals surface area (Å²) in [6.45, 7) is 4.92. The van der Waals surface area contributed by atoms with Crippen LogP contribution in [0.25, 0.3) is 0 Å². The highest BCUT2D eigenvalue weighted by Crippen LogP contribution is 2.18. The van der Waals surface area contributed by atoms with E-state index in [0.29, 0.717) is 24.1 Å². The Bertz CT molecular complexity index is 375. The lowest BCUT2D eigenvalue weighted by molar-refractivity contribution is 0.0794. The van der Waals surface area contributed by atoms with Gasteiger partial charge in [0.25, 0.3) is 0 Å². The molecule has 2 atom stereocenters. The zero-order valence-electron chi connectivity index (χ0n) is 10.6. The average molecular weight is 320 g/mol. The summed E-state index contributed by atoms with van der Waals surface area (Å²) in [5, 5.41) is 18.8. The molecule has 0 spiro atoms. The third kappa shape index (κ3) is 5.44. The molecule has 0 aromatic heterocycles. The van der Waals surface area contributed by atoms with Gasteiger partial charge in [-0.15, -0.1) is 0 Å². The van der Waals surface area contributed by atoms with Gasteiger partial charge in [0.1, 0.15) is 5.82 Å². The Balaban J connectivity index is 2.71. The Kier molecular flexibility index (Phi) is 6.21. The van der Waals surface area contributed by atoms with Gasteiger partial charge in [0.15, 0.2) is 0 Å². The second-order valence-corrected chi connectivity index (χ2v) is 5.49. The van der Waals surface area contributed by atoms with Gasteiger partial charge in [-0.25, -0.2) is 4.39 Å². The largest absolute Gasteiger partial charge is 0.392 e. The van der Waals surface area contributed by atoms with Crippen LogP contribution in [-0.2, 0) is 6.54 Å². The van der Waals surface area contributed by atoms with Crippen LogP contribution in [0.3, 0.4) is 0 Å². The minimum absolute atomic E-state index is 0.295. The maximum Gasteiger partial charge on any atom is 0.137 e. The lowest BCUT2D eigenvalue weighted by Crippen LogP contribution is -2.35. The van der Waals surface area contributed by atoms with E-state index in [0.717, 1.165) is 5.56 Å². The molecule has 1 aromatic carbocycles. The van der Waals surface area contributed by atoms with Crippen LogP contribution in [0.1, 0.15) is 19.4 Å². The summed E-state index contributed by atoms with van der Waals surface area (Å²) in [6, 6.07) is 4.83. The molecule has 1 aromatic rings. The van der Waals surface area contributed by atoms with E-state index in [1.165, 1.54) is 6.07 Å². The van der Waals surface area contributed by atoms with Crippen molar-refractivity contribution in [2.24, 2.45) is 0 Å². The zero-order valence-corrected chi connectivity index (χ0v) is 12.2. The van der Waals surface area contributed by atoms with Gasteiger partial charge in [-0.3, -0.25) is 4.90 Å². The second-order valence-electron chi connectivity index (χ2n) is 4.64. The summed E-state index contributed by atoms with van der Waals surface area (Å²) >= 11 is 3.15. The molecule has 0 aliphatic carbocycles. The first kappa shape index (κ1) is 15.6. The summed E-state index contributed by atoms with van der Waals surface area (Å²) in [7, 11) is 0. The lowest BCUT2D eigenvalue weighted by atomic mass is 10.2. The Hall–Kier alpha value is -0.490. The number of aliphatic hydroxyl groups is 2. The predicted octanol–water partition coefficient (Wildman–Crippen LogP) is 2.15. The highest BCUT2D eigenvalue weighted by atomic mass is 79.9. The Morgan fingerprint density at radius 1 is 1.22 bits per heavy atom. The predicted molar refractivity (Wildman–Crippen MR) is 72.7 cm³/mol. The van der Waals surface area contributed by atoms with Gasteiger partial charge in [-0.05, 0) is 47.5 Å². The topological polar surface area (TPSA) is 43.7 Å². The van der Waals surface area contributed by atoms with Crippen molar-refractivity contribution in [1.82, 2.24) is 4.90 Å². The first-order chi connectivity index (χ1) is 8.38. The van der Waals surface area contributed by atoms with Gasteiger partial charge in [0, 0.05) is 19.6 Å². The maximum atomic E-state index is 13.1. The summed E-state index contributed by atoms with van der Waals surface area (Å²) in [6.07, 6.45) is -0.930. The van der Waals surface area contributed by atoms with E-state index in [-0.39, 0.29) is 5.82 Å². The molecule has 102 valence electrons. The quantitative estimate of drug-likeness (QED) is 0.844. The number of rotatable bonds is 6. The van der Waals surface area contributed by atoms with Gasteiger partial charge in [0.2, 0.25) is 0 Å². The summed E-state index contributed by atoms with van der Waals surface area (Å²) in [5.41, 5.74) is 0.935. The molecule has 2 N–H and O–H groups in total. The van der Waals surface area contributed by atoms with Gasteiger partial charge in [0.05, 0.1) is 16.7 Å². The summed E-state index contributed by atoms with van der Waals surface area (Å²) in [5.74, 6) is -0.295. The van der Waals surface area contributed by atoms with E-state index in [1.54, 1.807) is 26.0 Å². The normalized spacial score (nSPS) is 14.8. The zero-order chi connectivity index (χ0) is 13.7. The Morgan fingerprint density at radius 2 is 1.78 bits per heavy atom. The van der Waals surface area contributed by atoms with Crippen LogP contribution < -0.4 is 0 Å². The van der Waals surface area contributed by atoms with Crippen LogP contribution in [0, 0.1) is 5.82 Å². The van der Waals surface area contributed by atoms with Crippen molar-refractivity contribution in [2.75, 3.05) is 13.1 Å². The molecule has 0 radical (unpaired) electrons. The highest BCUT2D eigenvalue weighted by Gasteiger charge is 2.12. The SMILES string of the molecule is CC(O)CN(Cc1ccc(F)c(Br)c1)CC(C)O. The smallest absolute Gasteiger partial charge is 0.137 e. The molecule has 5 heteroatoms. The third-order valence-electron chi connectivity index (χ3n) is 2.44. The van der Waals surface area contributed by atoms with Gasteiger partial charge in [-0.2, -0.15) is 0 Å². The minimum Gasteiger partial charge on any atom is -0.392 e. The highest BCUT2D eigenvalue weighted by molar-refractivity contribution is 9.10. The van der Waals surface area contributed by atoms with Crippen LogP contribution in [0.15, 0.2) is 22.7 Å². The van der Waals surface area contributed by atoms with Crippen LogP contribution in [-0.4, -0.2) is 40.4 Å². The Morgan fingerprint density at radius 3 is 2.22 bits per heavy atom. The van der Waals surface area contributed by atoms with Gasteiger partial charge >= 0.3 is 0 Å². The fourth-order valence-electron chi connectivity index (χ4n) is 1.85. The molecular weight excluding hydrogens is 301 g/mol. The van der Waals surface area contributed by atoms with Crippen molar-refractivity contribution >= 4 is 15.9 Å². The van der Waals surface area contributed by atoms with Crippen LogP contribution in [0.2, 0.25) is 0 Å². The van der Waals surface area contributed by atoms with E-state index in [2.05, 4.69) is 15.9 Å². The lowest BCUT2D eigenvalue weighted by Gasteiger charge is -2.25. The van der Waals surface area contributed by atoms with Crippen molar-refractivity contribution in [3.8, 4) is 0 Å². The van der Waals surface area contributed by atoms with Crippen molar-refractivity contribution in [2.45, 2.75) is 32.6 Å². The van der Waals surface area contributed by atoms with E-state index < -0.39 is 12.2 Å². The number of hydrogen-bond acceptors (Lipinski definition) is 3.